The maximum absolute atomic E-state index is 11.4. The molecule has 2 heterocycles. The van der Waals surface area contributed by atoms with Crippen LogP contribution in [0.25, 0.3) is 0 Å². The summed E-state index contributed by atoms with van der Waals surface area (Å²) in [6, 6.07) is 1.99. The van der Waals surface area contributed by atoms with E-state index in [4.69, 9.17) is 4.52 Å². The van der Waals surface area contributed by atoms with Crippen LogP contribution in [-0.4, -0.2) is 50.1 Å². The highest BCUT2D eigenvalue weighted by Gasteiger charge is 2.30. The van der Waals surface area contributed by atoms with Crippen LogP contribution >= 0.6 is 0 Å². The molecule has 1 saturated heterocycles. The average molecular weight is 273 g/mol. The van der Waals surface area contributed by atoms with Gasteiger partial charge in [0.15, 0.2) is 15.6 Å². The van der Waals surface area contributed by atoms with Gasteiger partial charge in [0.05, 0.1) is 23.7 Å². The number of sulfone groups is 1. The molecule has 7 heteroatoms. The molecule has 0 spiro atoms. The van der Waals surface area contributed by atoms with Crippen molar-refractivity contribution in [2.75, 3.05) is 25.6 Å². The fourth-order valence-electron chi connectivity index (χ4n) is 2.19. The summed E-state index contributed by atoms with van der Waals surface area (Å²) in [6.07, 6.45) is 0.705. The zero-order valence-electron chi connectivity index (χ0n) is 10.7. The molecule has 0 aromatic carbocycles. The van der Waals surface area contributed by atoms with Gasteiger partial charge in [-0.05, 0) is 20.5 Å². The van der Waals surface area contributed by atoms with Crippen LogP contribution in [0.3, 0.4) is 0 Å². The molecule has 1 aromatic heterocycles. The van der Waals surface area contributed by atoms with Crippen molar-refractivity contribution in [1.29, 1.82) is 0 Å². The van der Waals surface area contributed by atoms with Gasteiger partial charge in [0.2, 0.25) is 0 Å². The Morgan fingerprint density at radius 3 is 3.00 bits per heavy atom. The zero-order valence-corrected chi connectivity index (χ0v) is 11.5. The molecular weight excluding hydrogens is 254 g/mol. The molecule has 0 aliphatic carbocycles. The maximum Gasteiger partial charge on any atom is 0.151 e. The molecular formula is C11H19N3O3S. The van der Waals surface area contributed by atoms with Crippen molar-refractivity contribution in [2.24, 2.45) is 0 Å². The standard InChI is InChI=1S/C11H19N3O3S/c1-12-6-9-5-11(17-13-9)7-14(2)10-3-4-18(15,16)8-10/h5,10,12H,3-4,6-8H2,1-2H3. The zero-order chi connectivity index (χ0) is 13.2. The first kappa shape index (κ1) is 13.5. The fraction of sp³-hybridized carbons (Fsp3) is 0.727. The Hall–Kier alpha value is -0.920. The summed E-state index contributed by atoms with van der Waals surface area (Å²) in [4.78, 5) is 2.02. The van der Waals surface area contributed by atoms with Gasteiger partial charge >= 0.3 is 0 Å². The van der Waals surface area contributed by atoms with E-state index < -0.39 is 9.84 Å². The highest BCUT2D eigenvalue weighted by Crippen LogP contribution is 2.18. The summed E-state index contributed by atoms with van der Waals surface area (Å²) < 4.78 is 28.1. The quantitative estimate of drug-likeness (QED) is 0.814. The molecule has 2 rings (SSSR count). The van der Waals surface area contributed by atoms with Crippen molar-refractivity contribution in [3.05, 3.63) is 17.5 Å². The molecule has 1 fully saturated rings. The van der Waals surface area contributed by atoms with Crippen molar-refractivity contribution in [3.63, 3.8) is 0 Å². The van der Waals surface area contributed by atoms with Gasteiger partial charge in [-0.2, -0.15) is 0 Å². The molecule has 1 aliphatic heterocycles. The highest BCUT2D eigenvalue weighted by molar-refractivity contribution is 7.91. The molecule has 102 valence electrons. The fourth-order valence-corrected chi connectivity index (χ4v) is 4.00. The topological polar surface area (TPSA) is 75.4 Å². The van der Waals surface area contributed by atoms with Crippen LogP contribution in [0.2, 0.25) is 0 Å². The van der Waals surface area contributed by atoms with Crippen LogP contribution in [0.4, 0.5) is 0 Å². The SMILES string of the molecule is CNCc1cc(CN(C)C2CCS(=O)(=O)C2)on1. The Morgan fingerprint density at radius 2 is 2.39 bits per heavy atom. The van der Waals surface area contributed by atoms with Gasteiger partial charge in [0.25, 0.3) is 0 Å². The molecule has 18 heavy (non-hydrogen) atoms. The molecule has 1 aliphatic rings. The largest absolute Gasteiger partial charge is 0.360 e. The van der Waals surface area contributed by atoms with Crippen LogP contribution in [0, 0.1) is 0 Å². The predicted octanol–water partition coefficient (Wildman–Crippen LogP) is 0.0129. The van der Waals surface area contributed by atoms with Gasteiger partial charge in [-0.1, -0.05) is 5.16 Å². The molecule has 1 N–H and O–H groups in total. The van der Waals surface area contributed by atoms with E-state index in [0.717, 1.165) is 11.5 Å². The number of aromatic nitrogens is 1. The minimum atomic E-state index is -2.83. The van der Waals surface area contributed by atoms with Crippen molar-refractivity contribution < 1.29 is 12.9 Å². The molecule has 6 nitrogen and oxygen atoms in total. The molecule has 1 aromatic rings. The third-order valence-corrected chi connectivity index (χ3v) is 4.95. The first-order chi connectivity index (χ1) is 8.50. The second-order valence-electron chi connectivity index (χ2n) is 4.79. The Bertz CT molecular complexity index is 497. The summed E-state index contributed by atoms with van der Waals surface area (Å²) in [5, 5.41) is 6.93. The first-order valence-electron chi connectivity index (χ1n) is 6.00. The highest BCUT2D eigenvalue weighted by atomic mass is 32.2. The smallest absolute Gasteiger partial charge is 0.151 e. The second kappa shape index (κ2) is 5.38. The molecule has 0 saturated carbocycles. The van der Waals surface area contributed by atoms with Crippen LogP contribution in [0.15, 0.2) is 10.6 Å². The van der Waals surface area contributed by atoms with Gasteiger partial charge in [-0.25, -0.2) is 8.42 Å². The molecule has 1 atom stereocenters. The summed E-state index contributed by atoms with van der Waals surface area (Å²) in [6.45, 7) is 1.27. The lowest BCUT2D eigenvalue weighted by Gasteiger charge is -2.21. The number of rotatable bonds is 5. The predicted molar refractivity (Wildman–Crippen MR) is 67.8 cm³/mol. The van der Waals surface area contributed by atoms with E-state index in [2.05, 4.69) is 10.5 Å². The van der Waals surface area contributed by atoms with Crippen molar-refractivity contribution in [3.8, 4) is 0 Å². The van der Waals surface area contributed by atoms with Gasteiger partial charge in [0.1, 0.15) is 0 Å². The minimum absolute atomic E-state index is 0.0906. The lowest BCUT2D eigenvalue weighted by atomic mass is 10.2. The lowest BCUT2D eigenvalue weighted by molar-refractivity contribution is 0.222. The van der Waals surface area contributed by atoms with Gasteiger partial charge in [-0.15, -0.1) is 0 Å². The summed E-state index contributed by atoms with van der Waals surface area (Å²) in [5.41, 5.74) is 0.861. The van der Waals surface area contributed by atoms with E-state index in [0.29, 0.717) is 25.3 Å². The molecule has 0 amide bonds. The Labute approximate surface area is 107 Å². The monoisotopic (exact) mass is 273 g/mol. The van der Waals surface area contributed by atoms with Gasteiger partial charge < -0.3 is 9.84 Å². The number of nitrogens with zero attached hydrogens (tertiary/aromatic N) is 2. The molecule has 1 unspecified atom stereocenters. The average Bonchev–Trinajstić information content (AvgIpc) is 2.86. The van der Waals surface area contributed by atoms with E-state index in [1.54, 1.807) is 0 Å². The first-order valence-corrected chi connectivity index (χ1v) is 7.82. The van der Waals surface area contributed by atoms with Gasteiger partial charge in [-0.3, -0.25) is 4.90 Å². The Kier molecular flexibility index (Phi) is 4.04. The van der Waals surface area contributed by atoms with Gasteiger partial charge in [0, 0.05) is 18.7 Å². The minimum Gasteiger partial charge on any atom is -0.360 e. The van der Waals surface area contributed by atoms with Crippen molar-refractivity contribution >= 4 is 9.84 Å². The molecule has 0 bridgehead atoms. The summed E-state index contributed by atoms with van der Waals surface area (Å²) in [5.74, 6) is 1.32. The van der Waals surface area contributed by atoms with E-state index in [9.17, 15) is 8.42 Å². The third-order valence-electron chi connectivity index (χ3n) is 3.20. The van der Waals surface area contributed by atoms with Crippen LogP contribution in [0.1, 0.15) is 17.9 Å². The second-order valence-corrected chi connectivity index (χ2v) is 7.02. The van der Waals surface area contributed by atoms with Crippen molar-refractivity contribution in [1.82, 2.24) is 15.4 Å². The van der Waals surface area contributed by atoms with Crippen LogP contribution in [0.5, 0.6) is 0 Å². The molecule has 0 radical (unpaired) electrons. The van der Waals surface area contributed by atoms with E-state index >= 15 is 0 Å². The van der Waals surface area contributed by atoms with Crippen LogP contribution < -0.4 is 5.32 Å². The normalized spacial score (nSPS) is 22.7. The van der Waals surface area contributed by atoms with E-state index in [1.807, 2.05) is 25.1 Å². The van der Waals surface area contributed by atoms with Crippen molar-refractivity contribution in [2.45, 2.75) is 25.6 Å². The Morgan fingerprint density at radius 1 is 1.61 bits per heavy atom. The Balaban J connectivity index is 1.92. The number of hydrogen-bond acceptors (Lipinski definition) is 6. The van der Waals surface area contributed by atoms with Crippen LogP contribution in [-0.2, 0) is 22.9 Å². The number of hydrogen-bond donors (Lipinski definition) is 1. The summed E-state index contributed by atoms with van der Waals surface area (Å²) in [7, 11) is 0.939. The summed E-state index contributed by atoms with van der Waals surface area (Å²) >= 11 is 0. The maximum atomic E-state index is 11.4. The van der Waals surface area contributed by atoms with E-state index in [-0.39, 0.29) is 11.8 Å². The lowest BCUT2D eigenvalue weighted by Crippen LogP contribution is -2.31. The third kappa shape index (κ3) is 3.30. The van der Waals surface area contributed by atoms with E-state index in [1.165, 1.54) is 0 Å². The number of nitrogens with one attached hydrogen (secondary N) is 1.